The minimum Gasteiger partial charge on any atom is -0.369 e. The molecule has 0 aliphatic carbocycles. The van der Waals surface area contributed by atoms with Crippen LogP contribution in [0.25, 0.3) is 0 Å². The Morgan fingerprint density at radius 1 is 1.47 bits per heavy atom. The van der Waals surface area contributed by atoms with Crippen LogP contribution in [0.5, 0.6) is 0 Å². The van der Waals surface area contributed by atoms with Crippen molar-refractivity contribution in [2.75, 3.05) is 6.54 Å². The highest BCUT2D eigenvalue weighted by atomic mass is 16.5. The number of aromatic nitrogens is 3. The van der Waals surface area contributed by atoms with Gasteiger partial charge in [0.25, 0.3) is 0 Å². The van der Waals surface area contributed by atoms with E-state index in [1.807, 2.05) is 0 Å². The van der Waals surface area contributed by atoms with E-state index in [0.717, 1.165) is 25.2 Å². The van der Waals surface area contributed by atoms with Crippen molar-refractivity contribution in [2.45, 2.75) is 64.7 Å². The summed E-state index contributed by atoms with van der Waals surface area (Å²) in [5, 5.41) is 10.6. The molecule has 1 aliphatic rings. The molecule has 1 aromatic rings. The summed E-state index contributed by atoms with van der Waals surface area (Å²) in [6.07, 6.45) is 3.69. The van der Waals surface area contributed by atoms with Crippen LogP contribution in [0.2, 0.25) is 0 Å². The summed E-state index contributed by atoms with van der Waals surface area (Å²) in [4.78, 5) is 4.34. The zero-order chi connectivity index (χ0) is 14.1. The maximum absolute atomic E-state index is 6.21. The summed E-state index contributed by atoms with van der Waals surface area (Å²) < 4.78 is 6.21. The predicted octanol–water partition coefficient (Wildman–Crippen LogP) is 2.44. The monoisotopic (exact) mass is 266 g/mol. The molecular formula is C14H26N4O. The van der Waals surface area contributed by atoms with Crippen molar-refractivity contribution in [2.24, 2.45) is 5.92 Å². The molecule has 0 radical (unpaired) electrons. The van der Waals surface area contributed by atoms with Crippen molar-refractivity contribution < 1.29 is 4.74 Å². The molecule has 0 bridgehead atoms. The molecule has 0 spiro atoms. The molecule has 1 saturated heterocycles. The molecular weight excluding hydrogens is 240 g/mol. The van der Waals surface area contributed by atoms with Gasteiger partial charge in [0.05, 0.1) is 17.2 Å². The quantitative estimate of drug-likeness (QED) is 0.859. The Labute approximate surface area is 115 Å². The Kier molecular flexibility index (Phi) is 3.97. The standard InChI is InChI=1S/C14H26N4O/c1-6-7-15-11(12-16-9-17-18-12)10-8-13(2,3)19-14(10,4)5/h9-11,15H,6-8H2,1-5H3,(H,16,17,18). The smallest absolute Gasteiger partial charge is 0.141 e. The Morgan fingerprint density at radius 2 is 2.21 bits per heavy atom. The molecule has 2 heterocycles. The van der Waals surface area contributed by atoms with Gasteiger partial charge < -0.3 is 10.1 Å². The van der Waals surface area contributed by atoms with Gasteiger partial charge >= 0.3 is 0 Å². The van der Waals surface area contributed by atoms with E-state index in [1.54, 1.807) is 6.33 Å². The molecule has 2 rings (SSSR count). The van der Waals surface area contributed by atoms with Crippen molar-refractivity contribution in [1.29, 1.82) is 0 Å². The lowest BCUT2D eigenvalue weighted by Gasteiger charge is -2.32. The Bertz CT molecular complexity index is 400. The maximum atomic E-state index is 6.21. The van der Waals surface area contributed by atoms with Crippen molar-refractivity contribution in [3.8, 4) is 0 Å². The summed E-state index contributed by atoms with van der Waals surface area (Å²) in [6.45, 7) is 11.8. The van der Waals surface area contributed by atoms with Gasteiger partial charge in [-0.3, -0.25) is 5.10 Å². The first-order valence-corrected chi connectivity index (χ1v) is 7.14. The summed E-state index contributed by atoms with van der Waals surface area (Å²) in [7, 11) is 0. The second-order valence-electron chi connectivity index (χ2n) is 6.58. The van der Waals surface area contributed by atoms with E-state index < -0.39 is 0 Å². The van der Waals surface area contributed by atoms with Crippen LogP contribution in [0.15, 0.2) is 6.33 Å². The molecule has 19 heavy (non-hydrogen) atoms. The minimum absolute atomic E-state index is 0.0830. The third-order valence-corrected chi connectivity index (χ3v) is 3.89. The molecule has 2 N–H and O–H groups in total. The second kappa shape index (κ2) is 5.21. The number of rotatable bonds is 5. The molecule has 0 saturated carbocycles. The zero-order valence-corrected chi connectivity index (χ0v) is 12.7. The van der Waals surface area contributed by atoms with Crippen LogP contribution in [-0.4, -0.2) is 32.9 Å². The summed E-state index contributed by atoms with van der Waals surface area (Å²) in [6, 6.07) is 0.166. The van der Waals surface area contributed by atoms with Crippen LogP contribution < -0.4 is 5.32 Å². The van der Waals surface area contributed by atoms with Gasteiger partial charge in [0, 0.05) is 5.92 Å². The fraction of sp³-hybridized carbons (Fsp3) is 0.857. The zero-order valence-electron chi connectivity index (χ0n) is 12.7. The van der Waals surface area contributed by atoms with E-state index in [1.165, 1.54) is 0 Å². The fourth-order valence-electron chi connectivity index (χ4n) is 3.22. The highest BCUT2D eigenvalue weighted by Crippen LogP contribution is 2.47. The SMILES string of the molecule is CCCNC(c1ncn[nH]1)C1CC(C)(C)OC1(C)C. The fourth-order valence-corrected chi connectivity index (χ4v) is 3.22. The molecule has 0 amide bonds. The van der Waals surface area contributed by atoms with Crippen molar-refractivity contribution >= 4 is 0 Å². The van der Waals surface area contributed by atoms with E-state index in [2.05, 4.69) is 55.1 Å². The lowest BCUT2D eigenvalue weighted by Crippen LogP contribution is -2.39. The van der Waals surface area contributed by atoms with Crippen LogP contribution in [0.1, 0.15) is 59.3 Å². The van der Waals surface area contributed by atoms with Crippen LogP contribution in [0.3, 0.4) is 0 Å². The van der Waals surface area contributed by atoms with E-state index in [9.17, 15) is 0 Å². The Hall–Kier alpha value is -0.940. The van der Waals surface area contributed by atoms with Crippen molar-refractivity contribution in [3.63, 3.8) is 0 Å². The summed E-state index contributed by atoms with van der Waals surface area (Å²) in [5.74, 6) is 1.29. The third-order valence-electron chi connectivity index (χ3n) is 3.89. The molecule has 1 aliphatic heterocycles. The highest BCUT2D eigenvalue weighted by molar-refractivity contribution is 5.05. The van der Waals surface area contributed by atoms with Crippen molar-refractivity contribution in [1.82, 2.24) is 20.5 Å². The lowest BCUT2D eigenvalue weighted by atomic mass is 9.81. The molecule has 1 fully saturated rings. The van der Waals surface area contributed by atoms with Gasteiger partial charge in [0.2, 0.25) is 0 Å². The molecule has 2 unspecified atom stereocenters. The van der Waals surface area contributed by atoms with Crippen LogP contribution in [0.4, 0.5) is 0 Å². The van der Waals surface area contributed by atoms with Crippen LogP contribution >= 0.6 is 0 Å². The highest BCUT2D eigenvalue weighted by Gasteiger charge is 2.49. The Balaban J connectivity index is 2.23. The number of hydrogen-bond acceptors (Lipinski definition) is 4. The first-order chi connectivity index (χ1) is 8.86. The number of nitrogens with zero attached hydrogens (tertiary/aromatic N) is 2. The normalized spacial score (nSPS) is 26.5. The number of H-pyrrole nitrogens is 1. The second-order valence-corrected chi connectivity index (χ2v) is 6.58. The van der Waals surface area contributed by atoms with Gasteiger partial charge in [-0.2, -0.15) is 5.10 Å². The predicted molar refractivity (Wildman–Crippen MR) is 74.8 cm³/mol. The Morgan fingerprint density at radius 3 is 2.68 bits per heavy atom. The third kappa shape index (κ3) is 3.15. The molecule has 1 aromatic heterocycles. The van der Waals surface area contributed by atoms with Gasteiger partial charge in [-0.25, -0.2) is 4.98 Å². The first kappa shape index (κ1) is 14.5. The van der Waals surface area contributed by atoms with E-state index in [4.69, 9.17) is 4.74 Å². The maximum Gasteiger partial charge on any atom is 0.141 e. The number of hydrogen-bond donors (Lipinski definition) is 2. The molecule has 5 nitrogen and oxygen atoms in total. The molecule has 2 atom stereocenters. The minimum atomic E-state index is -0.165. The number of nitrogens with one attached hydrogen (secondary N) is 2. The van der Waals surface area contributed by atoms with Gasteiger partial charge in [-0.15, -0.1) is 0 Å². The van der Waals surface area contributed by atoms with Gasteiger partial charge in [0.1, 0.15) is 12.2 Å². The summed E-state index contributed by atoms with van der Waals surface area (Å²) in [5.41, 5.74) is -0.248. The molecule has 5 heteroatoms. The topological polar surface area (TPSA) is 62.8 Å². The van der Waals surface area contributed by atoms with Crippen LogP contribution in [0, 0.1) is 5.92 Å². The van der Waals surface area contributed by atoms with Crippen LogP contribution in [-0.2, 0) is 4.74 Å². The van der Waals surface area contributed by atoms with E-state index in [-0.39, 0.29) is 17.2 Å². The van der Waals surface area contributed by atoms with Gasteiger partial charge in [-0.1, -0.05) is 6.92 Å². The average molecular weight is 266 g/mol. The van der Waals surface area contributed by atoms with Gasteiger partial charge in [0.15, 0.2) is 0 Å². The average Bonchev–Trinajstić information content (AvgIpc) is 2.86. The lowest BCUT2D eigenvalue weighted by molar-refractivity contribution is -0.0781. The van der Waals surface area contributed by atoms with E-state index >= 15 is 0 Å². The van der Waals surface area contributed by atoms with Gasteiger partial charge in [-0.05, 0) is 47.1 Å². The first-order valence-electron chi connectivity index (χ1n) is 7.14. The van der Waals surface area contributed by atoms with Crippen molar-refractivity contribution in [3.05, 3.63) is 12.2 Å². The molecule has 0 aromatic carbocycles. The number of ether oxygens (including phenoxy) is 1. The van der Waals surface area contributed by atoms with E-state index in [0.29, 0.717) is 5.92 Å². The molecule has 108 valence electrons. The largest absolute Gasteiger partial charge is 0.369 e. The summed E-state index contributed by atoms with van der Waals surface area (Å²) >= 11 is 0. The number of aromatic amines is 1.